The lowest BCUT2D eigenvalue weighted by atomic mass is 10.1. The van der Waals surface area contributed by atoms with E-state index >= 15 is 0 Å². The zero-order valence-electron chi connectivity index (χ0n) is 21.4. The van der Waals surface area contributed by atoms with Crippen molar-refractivity contribution in [3.05, 3.63) is 28.6 Å². The van der Waals surface area contributed by atoms with E-state index in [2.05, 4.69) is 20.8 Å². The van der Waals surface area contributed by atoms with Crippen molar-refractivity contribution in [2.45, 2.75) is 97.8 Å². The van der Waals surface area contributed by atoms with Gasteiger partial charge in [0.25, 0.3) is 5.56 Å². The highest BCUT2D eigenvalue weighted by Crippen LogP contribution is 2.34. The van der Waals surface area contributed by atoms with E-state index in [1.807, 2.05) is 18.2 Å². The summed E-state index contributed by atoms with van der Waals surface area (Å²) in [6.45, 7) is 8.36. The molecule has 0 saturated heterocycles. The molecule has 0 aliphatic carbocycles. The molecular formula is C28H45NO4. The third-order valence-corrected chi connectivity index (χ3v) is 6.04. The monoisotopic (exact) mass is 459 g/mol. The van der Waals surface area contributed by atoms with Gasteiger partial charge in [0, 0.05) is 18.5 Å². The summed E-state index contributed by atoms with van der Waals surface area (Å²) in [5, 5.41) is 0.893. The molecule has 0 aliphatic heterocycles. The van der Waals surface area contributed by atoms with Crippen LogP contribution in [0.3, 0.4) is 0 Å². The fourth-order valence-corrected chi connectivity index (χ4v) is 3.92. The minimum Gasteiger partial charge on any atom is -0.494 e. The van der Waals surface area contributed by atoms with Gasteiger partial charge in [-0.1, -0.05) is 78.6 Å². The maximum Gasteiger partial charge on any atom is 0.297 e. The van der Waals surface area contributed by atoms with Gasteiger partial charge in [-0.3, -0.25) is 4.79 Å². The largest absolute Gasteiger partial charge is 0.494 e. The van der Waals surface area contributed by atoms with Crippen molar-refractivity contribution in [1.29, 1.82) is 0 Å². The average molecular weight is 460 g/mol. The minimum atomic E-state index is -0.153. The fourth-order valence-electron chi connectivity index (χ4n) is 3.92. The quantitative estimate of drug-likeness (QED) is 0.218. The van der Waals surface area contributed by atoms with Crippen LogP contribution in [0.2, 0.25) is 0 Å². The zero-order valence-corrected chi connectivity index (χ0v) is 21.4. The van der Waals surface area contributed by atoms with E-state index in [9.17, 15) is 4.79 Å². The van der Waals surface area contributed by atoms with Crippen molar-refractivity contribution in [3.8, 4) is 17.2 Å². The Bertz CT molecular complexity index is 874. The number of aryl methyl sites for hydroxylation is 1. The highest BCUT2D eigenvalue weighted by atomic mass is 16.5. The second-order valence-electron chi connectivity index (χ2n) is 8.93. The summed E-state index contributed by atoms with van der Waals surface area (Å²) in [5.74, 6) is 1.69. The second kappa shape index (κ2) is 15.6. The molecule has 5 heteroatoms. The number of fused-ring (bicyclic) bond motifs is 1. The van der Waals surface area contributed by atoms with Crippen LogP contribution in [0.5, 0.6) is 17.2 Å². The summed E-state index contributed by atoms with van der Waals surface area (Å²) < 4.78 is 19.8. The molecule has 0 fully saturated rings. The summed E-state index contributed by atoms with van der Waals surface area (Å²) in [6, 6.07) is 5.91. The number of hydrogen-bond donors (Lipinski definition) is 0. The summed E-state index contributed by atoms with van der Waals surface area (Å²) in [4.78, 5) is 13.2. The number of rotatable bonds is 18. The number of nitrogens with zero attached hydrogens (tertiary/aromatic N) is 1. The van der Waals surface area contributed by atoms with Gasteiger partial charge in [-0.15, -0.1) is 0 Å². The van der Waals surface area contributed by atoms with Crippen LogP contribution < -0.4 is 19.8 Å². The van der Waals surface area contributed by atoms with Crippen molar-refractivity contribution < 1.29 is 14.2 Å². The maximum absolute atomic E-state index is 13.2. The first-order valence-corrected chi connectivity index (χ1v) is 13.2. The Morgan fingerprint density at radius 1 is 0.667 bits per heavy atom. The van der Waals surface area contributed by atoms with Crippen molar-refractivity contribution in [2.75, 3.05) is 19.8 Å². The molecule has 0 bridgehead atoms. The number of benzene rings is 1. The fraction of sp³-hybridized carbons (Fsp3) is 0.679. The van der Waals surface area contributed by atoms with Gasteiger partial charge in [-0.05, 0) is 31.4 Å². The molecule has 5 nitrogen and oxygen atoms in total. The molecular weight excluding hydrogens is 414 g/mol. The first-order valence-electron chi connectivity index (χ1n) is 13.2. The number of pyridine rings is 1. The average Bonchev–Trinajstić information content (AvgIpc) is 2.83. The molecule has 0 amide bonds. The van der Waals surface area contributed by atoms with Crippen molar-refractivity contribution in [3.63, 3.8) is 0 Å². The predicted molar refractivity (Wildman–Crippen MR) is 138 cm³/mol. The Labute approximate surface area is 200 Å². The van der Waals surface area contributed by atoms with Gasteiger partial charge in [-0.25, -0.2) is 0 Å². The van der Waals surface area contributed by atoms with Gasteiger partial charge >= 0.3 is 0 Å². The number of hydrogen-bond acceptors (Lipinski definition) is 4. The molecule has 0 atom stereocenters. The lowest BCUT2D eigenvalue weighted by molar-refractivity contribution is 0.258. The Hall–Kier alpha value is -2.17. The first-order chi connectivity index (χ1) is 16.1. The van der Waals surface area contributed by atoms with Gasteiger partial charge < -0.3 is 18.8 Å². The molecule has 33 heavy (non-hydrogen) atoms. The molecule has 2 rings (SSSR count). The standard InChI is InChI=1S/C28H45NO4/c1-5-8-11-13-14-16-21-33-27-26(32-19-10-7-3)24-18-17-23(31-20-15-12-9-6-2)22-25(24)29(4)28(27)30/h17-18,22H,5-16,19-21H2,1-4H3. The lowest BCUT2D eigenvalue weighted by Gasteiger charge is -2.18. The van der Waals surface area contributed by atoms with Gasteiger partial charge in [0.15, 0.2) is 5.75 Å². The van der Waals surface area contributed by atoms with Crippen LogP contribution in [0.1, 0.15) is 97.8 Å². The van der Waals surface area contributed by atoms with Crippen LogP contribution >= 0.6 is 0 Å². The number of unbranched alkanes of at least 4 members (excludes halogenated alkanes) is 9. The topological polar surface area (TPSA) is 49.7 Å². The second-order valence-corrected chi connectivity index (χ2v) is 8.93. The third-order valence-electron chi connectivity index (χ3n) is 6.04. The van der Waals surface area contributed by atoms with Crippen LogP contribution in [0.15, 0.2) is 23.0 Å². The first kappa shape index (κ1) is 27.1. The van der Waals surface area contributed by atoms with Crippen LogP contribution in [0.4, 0.5) is 0 Å². The lowest BCUT2D eigenvalue weighted by Crippen LogP contribution is -2.21. The molecule has 1 aromatic heterocycles. The molecule has 186 valence electrons. The molecule has 0 N–H and O–H groups in total. The van der Waals surface area contributed by atoms with E-state index in [1.165, 1.54) is 44.9 Å². The van der Waals surface area contributed by atoms with Gasteiger partial charge in [0.1, 0.15) is 5.75 Å². The summed E-state index contributed by atoms with van der Waals surface area (Å²) in [6.07, 6.45) is 13.7. The predicted octanol–water partition coefficient (Wildman–Crippen LogP) is 7.42. The Morgan fingerprint density at radius 2 is 1.21 bits per heavy atom. The molecule has 0 spiro atoms. The van der Waals surface area contributed by atoms with Crippen LogP contribution in [-0.4, -0.2) is 24.4 Å². The summed E-state index contributed by atoms with van der Waals surface area (Å²) >= 11 is 0. The van der Waals surface area contributed by atoms with Crippen LogP contribution in [-0.2, 0) is 7.05 Å². The van der Waals surface area contributed by atoms with Gasteiger partial charge in [-0.2, -0.15) is 0 Å². The molecule has 1 aromatic carbocycles. The van der Waals surface area contributed by atoms with E-state index in [-0.39, 0.29) is 5.56 Å². The van der Waals surface area contributed by atoms with E-state index in [4.69, 9.17) is 14.2 Å². The molecule has 0 saturated carbocycles. The Kier molecular flexibility index (Phi) is 12.8. The summed E-state index contributed by atoms with van der Waals surface area (Å²) in [5.41, 5.74) is 0.657. The van der Waals surface area contributed by atoms with Crippen molar-refractivity contribution in [2.24, 2.45) is 7.05 Å². The highest BCUT2D eigenvalue weighted by Gasteiger charge is 2.19. The van der Waals surface area contributed by atoms with Gasteiger partial charge in [0.05, 0.1) is 25.3 Å². The molecule has 0 radical (unpaired) electrons. The van der Waals surface area contributed by atoms with E-state index in [0.717, 1.165) is 48.8 Å². The minimum absolute atomic E-state index is 0.153. The zero-order chi connectivity index (χ0) is 23.9. The molecule has 0 aliphatic rings. The van der Waals surface area contributed by atoms with Crippen molar-refractivity contribution >= 4 is 10.9 Å². The van der Waals surface area contributed by atoms with Crippen molar-refractivity contribution in [1.82, 2.24) is 4.57 Å². The molecule has 2 aromatic rings. The Morgan fingerprint density at radius 3 is 1.91 bits per heavy atom. The normalized spacial score (nSPS) is 11.2. The SMILES string of the molecule is CCCCCCCCOc1c(OCCCC)c2ccc(OCCCCCC)cc2n(C)c1=O. The maximum atomic E-state index is 13.2. The van der Waals surface area contributed by atoms with Crippen LogP contribution in [0, 0.1) is 0 Å². The smallest absolute Gasteiger partial charge is 0.297 e. The molecule has 1 heterocycles. The van der Waals surface area contributed by atoms with E-state index in [1.54, 1.807) is 11.6 Å². The third kappa shape index (κ3) is 8.60. The highest BCUT2D eigenvalue weighted by molar-refractivity contribution is 5.89. The Balaban J connectivity index is 2.19. The van der Waals surface area contributed by atoms with Crippen LogP contribution in [0.25, 0.3) is 10.9 Å². The number of aromatic nitrogens is 1. The number of ether oxygens (including phenoxy) is 3. The van der Waals surface area contributed by atoms with E-state index < -0.39 is 0 Å². The summed E-state index contributed by atoms with van der Waals surface area (Å²) in [7, 11) is 1.79. The van der Waals surface area contributed by atoms with E-state index in [0.29, 0.717) is 31.3 Å². The van der Waals surface area contributed by atoms with Gasteiger partial charge in [0.2, 0.25) is 5.75 Å². The molecule has 0 unspecified atom stereocenters.